The third-order valence-electron chi connectivity index (χ3n) is 15.8. The Morgan fingerprint density at radius 3 is 1.80 bits per heavy atom. The average molecular weight is 918 g/mol. The van der Waals surface area contributed by atoms with Crippen molar-refractivity contribution in [3.8, 4) is 0 Å². The maximum atomic E-state index is 14.4. The zero-order valence-electron chi connectivity index (χ0n) is 39.9. The number of aliphatic hydroxyl groups is 1. The van der Waals surface area contributed by atoms with Crippen LogP contribution in [-0.2, 0) is 33.6 Å². The maximum Gasteiger partial charge on any atom is 0.223 e. The van der Waals surface area contributed by atoms with Gasteiger partial charge in [0, 0.05) is 119 Å². The number of nitrogens with one attached hydrogen (secondary N) is 2. The van der Waals surface area contributed by atoms with Gasteiger partial charge in [0.1, 0.15) is 0 Å². The fourth-order valence-corrected chi connectivity index (χ4v) is 12.1. The van der Waals surface area contributed by atoms with E-state index in [-0.39, 0.29) is 76.7 Å². The summed E-state index contributed by atoms with van der Waals surface area (Å²) in [7, 11) is 0. The van der Waals surface area contributed by atoms with Gasteiger partial charge in [-0.3, -0.25) is 48.5 Å². The van der Waals surface area contributed by atoms with E-state index in [0.717, 1.165) is 0 Å². The van der Waals surface area contributed by atoms with Gasteiger partial charge < -0.3 is 50.1 Å². The van der Waals surface area contributed by atoms with Crippen LogP contribution < -0.4 is 45.0 Å². The van der Waals surface area contributed by atoms with Gasteiger partial charge in [0.15, 0.2) is 0 Å². The van der Waals surface area contributed by atoms with Crippen LogP contribution in [0.25, 0.3) is 0 Å². The number of allylic oxidation sites excluding steroid dienone is 6. The molecule has 0 aliphatic carbocycles. The summed E-state index contributed by atoms with van der Waals surface area (Å²) < 4.78 is 0. The maximum absolute atomic E-state index is 14.4. The highest BCUT2D eigenvalue weighted by Gasteiger charge is 2.67. The van der Waals surface area contributed by atoms with Gasteiger partial charge >= 0.3 is 0 Å². The van der Waals surface area contributed by atoms with Crippen molar-refractivity contribution in [2.24, 2.45) is 94.7 Å². The highest BCUT2D eigenvalue weighted by atomic mass is 16.3. The molecule has 5 heterocycles. The predicted molar refractivity (Wildman–Crippen MR) is 249 cm³/mol. The molecule has 0 radical (unpaired) electrons. The van der Waals surface area contributed by atoms with Crippen LogP contribution in [0.4, 0.5) is 0 Å². The number of nitrogens with zero attached hydrogens (tertiary/aromatic N) is 3. The van der Waals surface area contributed by atoms with Gasteiger partial charge in [-0.05, 0) is 70.6 Å². The molecule has 0 aromatic carbocycles. The van der Waals surface area contributed by atoms with Crippen molar-refractivity contribution in [2.75, 3.05) is 6.54 Å². The molecule has 362 valence electrons. The Balaban J connectivity index is 1.99. The third kappa shape index (κ3) is 9.19. The van der Waals surface area contributed by atoms with Crippen LogP contribution >= 0.6 is 0 Å². The summed E-state index contributed by atoms with van der Waals surface area (Å²) in [5.41, 5.74) is 34.5. The van der Waals surface area contributed by atoms with Crippen LogP contribution in [0.5, 0.6) is 0 Å². The van der Waals surface area contributed by atoms with Gasteiger partial charge in [-0.2, -0.15) is 0 Å². The van der Waals surface area contributed by atoms with Gasteiger partial charge in [-0.1, -0.05) is 34.6 Å². The van der Waals surface area contributed by atoms with Crippen LogP contribution in [-0.4, -0.2) is 87.8 Å². The smallest absolute Gasteiger partial charge is 0.223 e. The second-order valence-electron chi connectivity index (χ2n) is 20.8. The zero-order chi connectivity index (χ0) is 49.6. The highest BCUT2D eigenvalue weighted by molar-refractivity contribution is 6.12. The Morgan fingerprint density at radius 1 is 0.742 bits per heavy atom. The van der Waals surface area contributed by atoms with E-state index in [1.165, 1.54) is 0 Å². The monoisotopic (exact) mass is 918 g/mol. The number of amides is 7. The third-order valence-corrected chi connectivity index (χ3v) is 15.8. The molecule has 1 saturated heterocycles. The van der Waals surface area contributed by atoms with Crippen molar-refractivity contribution >= 4 is 58.5 Å². The Kier molecular flexibility index (Phi) is 14.4. The molecule has 0 aromatic heterocycles. The number of hydrogen-bond donors (Lipinski definition) is 9. The molecule has 10 unspecified atom stereocenters. The van der Waals surface area contributed by atoms with E-state index in [9.17, 15) is 38.7 Å². The second kappa shape index (κ2) is 18.5. The van der Waals surface area contributed by atoms with Crippen LogP contribution in [0.3, 0.4) is 0 Å². The molecular weight excluding hydrogens is 847 g/mol. The average Bonchev–Trinajstić information content (AvgIpc) is 3.81. The van der Waals surface area contributed by atoms with Crippen LogP contribution in [0.1, 0.15) is 127 Å². The number of fused-ring (bicyclic) bond motifs is 6. The van der Waals surface area contributed by atoms with Crippen LogP contribution in [0, 0.1) is 45.3 Å². The molecular formula is C47H71N11O8. The molecule has 66 heavy (non-hydrogen) atoms. The number of carbonyl (C=O) groups excluding carboxylic acids is 7. The lowest BCUT2D eigenvalue weighted by molar-refractivity contribution is -0.128. The van der Waals surface area contributed by atoms with Gasteiger partial charge in [0.05, 0.1) is 23.6 Å². The van der Waals surface area contributed by atoms with Crippen molar-refractivity contribution in [2.45, 2.75) is 144 Å². The number of aliphatic imine (C=N–C) groups is 3. The quantitative estimate of drug-likeness (QED) is 0.0902. The first-order valence-electron chi connectivity index (χ1n) is 22.8. The fraction of sp³-hybridized carbons (Fsp3) is 0.660. The second-order valence-corrected chi connectivity index (χ2v) is 20.8. The highest BCUT2D eigenvalue weighted by Crippen LogP contribution is 2.62. The largest absolute Gasteiger partial charge is 0.392 e. The first-order chi connectivity index (χ1) is 30.5. The molecule has 1 fully saturated rings. The summed E-state index contributed by atoms with van der Waals surface area (Å²) in [6.45, 7) is 16.6. The Labute approximate surface area is 386 Å². The summed E-state index contributed by atoms with van der Waals surface area (Å²) in [5, 5.41) is 16.3. The molecule has 0 aromatic rings. The van der Waals surface area contributed by atoms with E-state index in [1.807, 2.05) is 54.5 Å². The van der Waals surface area contributed by atoms with Crippen molar-refractivity contribution in [1.29, 1.82) is 0 Å². The lowest BCUT2D eigenvalue weighted by Gasteiger charge is -2.47. The van der Waals surface area contributed by atoms with Gasteiger partial charge in [-0.25, -0.2) is 0 Å². The van der Waals surface area contributed by atoms with Gasteiger partial charge in [-0.15, -0.1) is 0 Å². The van der Waals surface area contributed by atoms with Crippen molar-refractivity contribution < 1.29 is 38.7 Å². The molecule has 10 atom stereocenters. The molecule has 0 spiro atoms. The molecule has 5 aliphatic heterocycles. The van der Waals surface area contributed by atoms with Crippen LogP contribution in [0.15, 0.2) is 49.3 Å². The number of carbonyl (C=O) groups is 7. The summed E-state index contributed by atoms with van der Waals surface area (Å²) in [6.07, 6.45) is 1.09. The molecule has 19 heteroatoms. The van der Waals surface area contributed by atoms with Gasteiger partial charge in [0.2, 0.25) is 41.4 Å². The molecule has 0 saturated carbocycles. The summed E-state index contributed by atoms with van der Waals surface area (Å²) in [6, 6.07) is -1.10. The standard InChI is InChI=1S/C47H71N11O8/c1-22(59)21-54-35(65)16-17-44(6)36(42(53)66)41-47(9)46(8,20-34(52)64)27(12-15-32(50)62)38(58-47)24(3)40-45(7,19-33(51)63)25(10-13-30(48)60)28(55-40)18-29-43(4,5)26(11-14-31(49)61)37(56-29)23(2)39(44)57-41/h18,22,25-27,36,41,55,59H,10-17,19-21H2,1-9H3,(H2,48,60)(H2,49,61)(H2,50,62)(H2,51,63)(H2,52,64)(H2,53,66)(H,54,65)/b28-18-,37-23-,40-24-. The predicted octanol–water partition coefficient (Wildman–Crippen LogP) is 1.35. The normalized spacial score (nSPS) is 35.5. The SMILES string of the molecule is C/C1=C2N=C(/C=C3\N/C(=C(/C)C4=NC(C)(C5N=C1C(C)(CCC(=O)NCC(C)O)C5C(N)=O)C(C)(CC(N)=O)C4CCC(N)=O)C(C)(CC(N)=O)C3CCC(N)=O)C(C)(C)C/2CCC(N)=O. The van der Waals surface area contributed by atoms with Gasteiger partial charge in [0.25, 0.3) is 0 Å². The first kappa shape index (κ1) is 51.3. The van der Waals surface area contributed by atoms with E-state index in [0.29, 0.717) is 45.4 Å². The van der Waals surface area contributed by atoms with E-state index in [4.69, 9.17) is 49.4 Å². The van der Waals surface area contributed by atoms with Crippen molar-refractivity contribution in [1.82, 2.24) is 10.6 Å². The summed E-state index contributed by atoms with van der Waals surface area (Å²) >= 11 is 0. The van der Waals surface area contributed by atoms with Crippen LogP contribution in [0.2, 0.25) is 0 Å². The Bertz CT molecular complexity index is 2290. The topological polar surface area (TPSA) is 357 Å². The number of rotatable bonds is 19. The van der Waals surface area contributed by atoms with E-state index >= 15 is 0 Å². The molecule has 5 aliphatic rings. The van der Waals surface area contributed by atoms with E-state index in [1.54, 1.807) is 13.8 Å². The van der Waals surface area contributed by atoms with E-state index < -0.39 is 98.5 Å². The van der Waals surface area contributed by atoms with Crippen molar-refractivity contribution in [3.63, 3.8) is 0 Å². The zero-order valence-corrected chi connectivity index (χ0v) is 39.9. The van der Waals surface area contributed by atoms with E-state index in [2.05, 4.69) is 10.6 Å². The number of aliphatic hydroxyl groups excluding tert-OH is 1. The number of hydrogen-bond acceptors (Lipinski definition) is 12. The molecule has 7 amide bonds. The molecule has 15 N–H and O–H groups in total. The first-order valence-corrected chi connectivity index (χ1v) is 22.8. The molecule has 19 nitrogen and oxygen atoms in total. The minimum atomic E-state index is -1.48. The molecule has 5 rings (SSSR count). The fourth-order valence-electron chi connectivity index (χ4n) is 12.1. The summed E-state index contributed by atoms with van der Waals surface area (Å²) in [4.78, 5) is 108. The number of primary amides is 6. The minimum absolute atomic E-state index is 0.00435. The van der Waals surface area contributed by atoms with Crippen molar-refractivity contribution in [3.05, 3.63) is 34.3 Å². The molecule has 8 bridgehead atoms. The lowest BCUT2D eigenvalue weighted by atomic mass is 9.56. The minimum Gasteiger partial charge on any atom is -0.392 e. The Morgan fingerprint density at radius 2 is 1.29 bits per heavy atom. The lowest BCUT2D eigenvalue weighted by Crippen LogP contribution is -2.58. The Hall–Kier alpha value is -5.72. The summed E-state index contributed by atoms with van der Waals surface area (Å²) in [5.74, 6) is -6.95. The number of nitrogens with two attached hydrogens (primary N) is 6.